The standard InChI is InChI=1S/C19H16N2O3S/c22-17-13-11-16(12-14-17)20-19(15-7-3-1-4-8-15)21-25(23,24)18-9-5-2-6-10-18/h1-14,22H,(H,20,21). The van der Waals surface area contributed by atoms with Crippen molar-refractivity contribution < 1.29 is 13.5 Å². The van der Waals surface area contributed by atoms with Gasteiger partial charge in [-0.05, 0) is 36.4 Å². The predicted molar refractivity (Wildman–Crippen MR) is 98.3 cm³/mol. The number of benzene rings is 3. The highest BCUT2D eigenvalue weighted by Gasteiger charge is 2.15. The number of nitrogens with one attached hydrogen (secondary N) is 1. The summed E-state index contributed by atoms with van der Waals surface area (Å²) in [6, 6.07) is 23.3. The molecule has 3 aromatic carbocycles. The molecule has 0 radical (unpaired) electrons. The molecule has 0 bridgehead atoms. The number of phenolic OH excluding ortho intramolecular Hbond substituents is 1. The predicted octanol–water partition coefficient (Wildman–Crippen LogP) is 3.64. The highest BCUT2D eigenvalue weighted by molar-refractivity contribution is 7.90. The Morgan fingerprint density at radius 3 is 1.96 bits per heavy atom. The summed E-state index contributed by atoms with van der Waals surface area (Å²) in [4.78, 5) is 0.121. The molecular weight excluding hydrogens is 336 g/mol. The second-order valence-corrected chi connectivity index (χ2v) is 6.87. The van der Waals surface area contributed by atoms with Gasteiger partial charge >= 0.3 is 0 Å². The molecule has 0 heterocycles. The lowest BCUT2D eigenvalue weighted by atomic mass is 10.2. The van der Waals surface area contributed by atoms with Gasteiger partial charge in [0.1, 0.15) is 5.75 Å². The molecule has 5 nitrogen and oxygen atoms in total. The molecule has 3 rings (SSSR count). The first-order chi connectivity index (χ1) is 12.0. The number of phenols is 1. The SMILES string of the molecule is O=S(=O)(/N=C(\Nc1ccc(O)cc1)c1ccccc1)c1ccccc1. The Balaban J connectivity index is 2.03. The van der Waals surface area contributed by atoms with E-state index in [9.17, 15) is 13.5 Å². The van der Waals surface area contributed by atoms with Gasteiger partial charge in [0, 0.05) is 11.3 Å². The van der Waals surface area contributed by atoms with Crippen LogP contribution in [0.3, 0.4) is 0 Å². The molecule has 126 valence electrons. The fourth-order valence-corrected chi connectivity index (χ4v) is 3.19. The molecule has 0 aliphatic rings. The van der Waals surface area contributed by atoms with Crippen molar-refractivity contribution in [1.82, 2.24) is 0 Å². The lowest BCUT2D eigenvalue weighted by molar-refractivity contribution is 0.475. The third kappa shape index (κ3) is 4.24. The van der Waals surface area contributed by atoms with Crippen LogP contribution < -0.4 is 5.32 Å². The average molecular weight is 352 g/mol. The zero-order valence-electron chi connectivity index (χ0n) is 13.2. The molecule has 25 heavy (non-hydrogen) atoms. The Morgan fingerprint density at radius 2 is 1.36 bits per heavy atom. The summed E-state index contributed by atoms with van der Waals surface area (Å²) < 4.78 is 29.2. The molecule has 0 amide bonds. The number of aromatic hydroxyl groups is 1. The molecule has 0 aliphatic heterocycles. The highest BCUT2D eigenvalue weighted by atomic mass is 32.2. The Bertz CT molecular complexity index is 968. The van der Waals surface area contributed by atoms with Crippen LogP contribution in [0.4, 0.5) is 5.69 Å². The van der Waals surface area contributed by atoms with E-state index in [-0.39, 0.29) is 16.5 Å². The first-order valence-corrected chi connectivity index (χ1v) is 9.00. The van der Waals surface area contributed by atoms with Crippen LogP contribution in [0, 0.1) is 0 Å². The molecule has 0 saturated heterocycles. The van der Waals surface area contributed by atoms with Gasteiger partial charge < -0.3 is 10.4 Å². The van der Waals surface area contributed by atoms with Gasteiger partial charge in [0.2, 0.25) is 0 Å². The van der Waals surface area contributed by atoms with E-state index >= 15 is 0 Å². The zero-order chi connectivity index (χ0) is 17.7. The van der Waals surface area contributed by atoms with Crippen LogP contribution >= 0.6 is 0 Å². The van der Waals surface area contributed by atoms with E-state index in [2.05, 4.69) is 9.71 Å². The van der Waals surface area contributed by atoms with Gasteiger partial charge in [0.25, 0.3) is 10.0 Å². The normalized spacial score (nSPS) is 11.9. The van der Waals surface area contributed by atoms with Gasteiger partial charge in [0.05, 0.1) is 4.90 Å². The molecule has 3 aromatic rings. The maximum Gasteiger partial charge on any atom is 0.284 e. The van der Waals surface area contributed by atoms with Crippen LogP contribution in [0.15, 0.2) is 94.2 Å². The number of anilines is 1. The number of amidine groups is 1. The highest BCUT2D eigenvalue weighted by Crippen LogP contribution is 2.18. The number of hydrogen-bond acceptors (Lipinski definition) is 3. The quantitative estimate of drug-likeness (QED) is 0.427. The molecule has 0 spiro atoms. The summed E-state index contributed by atoms with van der Waals surface area (Å²) in [5, 5.41) is 12.4. The Morgan fingerprint density at radius 1 is 0.800 bits per heavy atom. The molecule has 0 fully saturated rings. The van der Waals surface area contributed by atoms with Crippen molar-refractivity contribution in [1.29, 1.82) is 0 Å². The van der Waals surface area contributed by atoms with E-state index in [0.717, 1.165) is 0 Å². The van der Waals surface area contributed by atoms with Gasteiger partial charge in [-0.2, -0.15) is 8.42 Å². The molecule has 0 atom stereocenters. The maximum absolute atomic E-state index is 12.6. The Labute approximate surface area is 146 Å². The van der Waals surface area contributed by atoms with E-state index in [0.29, 0.717) is 11.3 Å². The molecule has 6 heteroatoms. The number of hydrogen-bond donors (Lipinski definition) is 2. The lowest BCUT2D eigenvalue weighted by Crippen LogP contribution is -2.16. The summed E-state index contributed by atoms with van der Waals surface area (Å²) in [7, 11) is -3.86. The smallest absolute Gasteiger partial charge is 0.284 e. The van der Waals surface area contributed by atoms with E-state index in [1.54, 1.807) is 54.6 Å². The number of nitrogens with zero attached hydrogens (tertiary/aromatic N) is 1. The van der Waals surface area contributed by atoms with Crippen LogP contribution in [0.5, 0.6) is 5.75 Å². The monoisotopic (exact) mass is 352 g/mol. The van der Waals surface area contributed by atoms with E-state index in [1.165, 1.54) is 24.3 Å². The zero-order valence-corrected chi connectivity index (χ0v) is 14.0. The van der Waals surface area contributed by atoms with Crippen LogP contribution in [-0.2, 0) is 10.0 Å². The summed E-state index contributed by atoms with van der Waals surface area (Å²) >= 11 is 0. The van der Waals surface area contributed by atoms with Crippen LogP contribution in [0.1, 0.15) is 5.56 Å². The summed E-state index contributed by atoms with van der Waals surface area (Å²) in [5.74, 6) is 0.329. The van der Waals surface area contributed by atoms with E-state index in [1.807, 2.05) is 6.07 Å². The van der Waals surface area contributed by atoms with Crippen molar-refractivity contribution in [2.75, 3.05) is 5.32 Å². The first kappa shape index (κ1) is 16.7. The Hall–Kier alpha value is -3.12. The third-order valence-corrected chi connectivity index (χ3v) is 4.72. The summed E-state index contributed by atoms with van der Waals surface area (Å²) in [5.41, 5.74) is 1.25. The molecule has 2 N–H and O–H groups in total. The minimum absolute atomic E-state index is 0.121. The third-order valence-electron chi connectivity index (χ3n) is 3.43. The van der Waals surface area contributed by atoms with Crippen LogP contribution in [0.2, 0.25) is 0 Å². The second kappa shape index (κ2) is 7.19. The topological polar surface area (TPSA) is 78.8 Å². The van der Waals surface area contributed by atoms with Crippen molar-refractivity contribution in [2.45, 2.75) is 4.90 Å². The van der Waals surface area contributed by atoms with E-state index < -0.39 is 10.0 Å². The van der Waals surface area contributed by atoms with Crippen molar-refractivity contribution in [3.63, 3.8) is 0 Å². The minimum Gasteiger partial charge on any atom is -0.508 e. The minimum atomic E-state index is -3.86. The van der Waals surface area contributed by atoms with Crippen LogP contribution in [0.25, 0.3) is 0 Å². The van der Waals surface area contributed by atoms with Gasteiger partial charge in [-0.3, -0.25) is 0 Å². The van der Waals surface area contributed by atoms with Gasteiger partial charge in [-0.15, -0.1) is 4.40 Å². The Kier molecular flexibility index (Phi) is 4.81. The van der Waals surface area contributed by atoms with Crippen molar-refractivity contribution in [2.24, 2.45) is 4.40 Å². The van der Waals surface area contributed by atoms with Crippen molar-refractivity contribution in [3.05, 3.63) is 90.5 Å². The van der Waals surface area contributed by atoms with Gasteiger partial charge in [0.15, 0.2) is 5.84 Å². The molecule has 0 saturated carbocycles. The largest absolute Gasteiger partial charge is 0.508 e. The summed E-state index contributed by atoms with van der Waals surface area (Å²) in [6.45, 7) is 0. The van der Waals surface area contributed by atoms with Crippen molar-refractivity contribution in [3.8, 4) is 5.75 Å². The van der Waals surface area contributed by atoms with Crippen molar-refractivity contribution >= 4 is 21.5 Å². The van der Waals surface area contributed by atoms with Gasteiger partial charge in [-0.1, -0.05) is 48.5 Å². The molecule has 0 aliphatic carbocycles. The maximum atomic E-state index is 12.6. The molecular formula is C19H16N2O3S. The average Bonchev–Trinajstić information content (AvgIpc) is 2.64. The first-order valence-electron chi connectivity index (χ1n) is 7.56. The molecule has 0 aromatic heterocycles. The fraction of sp³-hybridized carbons (Fsp3) is 0. The van der Waals surface area contributed by atoms with E-state index in [4.69, 9.17) is 0 Å². The second-order valence-electron chi connectivity index (χ2n) is 5.27. The number of rotatable bonds is 4. The molecule has 0 unspecified atom stereocenters. The van der Waals surface area contributed by atoms with Gasteiger partial charge in [-0.25, -0.2) is 0 Å². The lowest BCUT2D eigenvalue weighted by Gasteiger charge is -2.11. The van der Waals surface area contributed by atoms with Crippen LogP contribution in [-0.4, -0.2) is 19.4 Å². The number of sulfonamides is 1. The summed E-state index contributed by atoms with van der Waals surface area (Å²) in [6.07, 6.45) is 0. The fourth-order valence-electron chi connectivity index (χ4n) is 2.19.